The van der Waals surface area contributed by atoms with Gasteiger partial charge in [0.2, 0.25) is 0 Å². The average molecular weight is 978 g/mol. The van der Waals surface area contributed by atoms with Gasteiger partial charge in [-0.15, -0.1) is 0 Å². The first-order valence-electron chi connectivity index (χ1n) is 14.2. The molecule has 4 rings (SSSR count). The Morgan fingerprint density at radius 1 is 0.712 bits per heavy atom. The molecule has 0 heterocycles. The van der Waals surface area contributed by atoms with Gasteiger partial charge in [0.05, 0.1) is 50.0 Å². The zero-order valence-corrected chi connectivity index (χ0v) is 31.6. The number of carboxylic acid groups (broad SMARTS) is 2. The molecule has 4 aromatic carbocycles. The second-order valence-electron chi connectivity index (χ2n) is 9.64. The van der Waals surface area contributed by atoms with Crippen LogP contribution in [0.1, 0.15) is 49.4 Å². The van der Waals surface area contributed by atoms with Gasteiger partial charge in [-0.25, -0.2) is 27.2 Å². The highest BCUT2D eigenvalue weighted by molar-refractivity contribution is 14.1. The quantitative estimate of drug-likeness (QED) is 0.0543. The van der Waals surface area contributed by atoms with Crippen LogP contribution in [0, 0.1) is 30.4 Å². The number of benzene rings is 4. The van der Waals surface area contributed by atoms with Crippen LogP contribution in [0.3, 0.4) is 0 Å². The predicted octanol–water partition coefficient (Wildman–Crippen LogP) is 10.9. The average Bonchev–Trinajstić information content (AvgIpc) is 3.06. The van der Waals surface area contributed by atoms with Crippen molar-refractivity contribution in [1.29, 1.82) is 0 Å². The Morgan fingerprint density at radius 2 is 1.12 bits per heavy atom. The molecule has 0 radical (unpaired) electrons. The molecule has 0 aliphatic carbocycles. The molecule has 11 nitrogen and oxygen atoms in total. The SMILES string of the molecule is C.C.CCOP(=O)(COc1cc(Nc2c(C(=O)O)ccc(F)c2F)ccc1I)OCC.COc1cc(Nc2c(C(=O)O)ccc(F)c2F)ccc1I. The van der Waals surface area contributed by atoms with Crippen molar-refractivity contribution in [3.63, 3.8) is 0 Å². The van der Waals surface area contributed by atoms with Crippen LogP contribution in [0.2, 0.25) is 0 Å². The monoisotopic (exact) mass is 978 g/mol. The van der Waals surface area contributed by atoms with E-state index in [0.29, 0.717) is 15.0 Å². The second kappa shape index (κ2) is 21.2. The summed E-state index contributed by atoms with van der Waals surface area (Å²) >= 11 is 4.04. The summed E-state index contributed by atoms with van der Waals surface area (Å²) in [6, 6.07) is 13.0. The van der Waals surface area contributed by atoms with Crippen molar-refractivity contribution in [2.24, 2.45) is 0 Å². The third-order valence-electron chi connectivity index (χ3n) is 6.30. The first-order chi connectivity index (χ1) is 23.6. The first kappa shape index (κ1) is 46.4. The summed E-state index contributed by atoms with van der Waals surface area (Å²) in [4.78, 5) is 22.4. The van der Waals surface area contributed by atoms with Gasteiger partial charge >= 0.3 is 19.5 Å². The molecular weight excluding hydrogens is 941 g/mol. The molecule has 0 bridgehead atoms. The number of hydrogen-bond acceptors (Lipinski definition) is 9. The number of nitrogens with one attached hydrogen (secondary N) is 2. The van der Waals surface area contributed by atoms with Crippen molar-refractivity contribution in [3.05, 3.63) is 102 Å². The molecular formula is C34H37F4I2N2O9P. The molecule has 0 atom stereocenters. The summed E-state index contributed by atoms with van der Waals surface area (Å²) in [5.41, 5.74) is -1.09. The van der Waals surface area contributed by atoms with E-state index in [0.717, 1.165) is 27.8 Å². The molecule has 0 amide bonds. The molecule has 18 heteroatoms. The van der Waals surface area contributed by atoms with Gasteiger partial charge in [-0.2, -0.15) is 0 Å². The van der Waals surface area contributed by atoms with E-state index in [1.165, 1.54) is 19.2 Å². The van der Waals surface area contributed by atoms with Crippen molar-refractivity contribution in [2.75, 3.05) is 37.3 Å². The van der Waals surface area contributed by atoms with E-state index in [1.807, 2.05) is 22.6 Å². The fraction of sp³-hybridized carbons (Fsp3) is 0.235. The number of halogens is 6. The highest BCUT2D eigenvalue weighted by Crippen LogP contribution is 2.48. The zero-order valence-electron chi connectivity index (χ0n) is 26.4. The van der Waals surface area contributed by atoms with Gasteiger partial charge in [-0.3, -0.25) is 4.57 Å². The summed E-state index contributed by atoms with van der Waals surface area (Å²) in [6.07, 6.45) is -0.344. The number of aromatic carboxylic acids is 2. The largest absolute Gasteiger partial charge is 0.496 e. The van der Waals surface area contributed by atoms with Crippen LogP contribution in [0.25, 0.3) is 0 Å². The van der Waals surface area contributed by atoms with Crippen LogP contribution in [0.15, 0.2) is 60.7 Å². The first-order valence-corrected chi connectivity index (χ1v) is 18.1. The summed E-state index contributed by atoms with van der Waals surface area (Å²) in [7, 11) is -1.98. The van der Waals surface area contributed by atoms with Gasteiger partial charge in [0, 0.05) is 23.5 Å². The maximum absolute atomic E-state index is 14.2. The van der Waals surface area contributed by atoms with Crippen LogP contribution in [-0.4, -0.2) is 48.8 Å². The Balaban J connectivity index is 0.000000524. The second-order valence-corrected chi connectivity index (χ2v) is 14.0. The number of ether oxygens (including phenoxy) is 2. The lowest BCUT2D eigenvalue weighted by Gasteiger charge is -2.18. The van der Waals surface area contributed by atoms with Gasteiger partial charge in [0.1, 0.15) is 11.5 Å². The van der Waals surface area contributed by atoms with Crippen molar-refractivity contribution in [3.8, 4) is 11.5 Å². The minimum atomic E-state index is -3.45. The molecule has 52 heavy (non-hydrogen) atoms. The lowest BCUT2D eigenvalue weighted by Crippen LogP contribution is -2.08. The van der Waals surface area contributed by atoms with Gasteiger partial charge in [0.15, 0.2) is 29.6 Å². The van der Waals surface area contributed by atoms with Crippen LogP contribution < -0.4 is 20.1 Å². The van der Waals surface area contributed by atoms with Crippen molar-refractivity contribution >= 4 is 87.5 Å². The number of rotatable bonds is 14. The van der Waals surface area contributed by atoms with Crippen LogP contribution in [-0.2, 0) is 13.6 Å². The van der Waals surface area contributed by atoms with Gasteiger partial charge in [0.25, 0.3) is 0 Å². The Morgan fingerprint density at radius 3 is 1.50 bits per heavy atom. The molecule has 0 fully saturated rings. The Labute approximate surface area is 325 Å². The smallest absolute Gasteiger partial charge is 0.367 e. The number of anilines is 4. The molecule has 0 spiro atoms. The third-order valence-corrected chi connectivity index (χ3v) is 9.83. The molecule has 0 aromatic heterocycles. The van der Waals surface area contributed by atoms with Crippen molar-refractivity contribution in [1.82, 2.24) is 0 Å². The fourth-order valence-electron chi connectivity index (χ4n) is 4.07. The highest BCUT2D eigenvalue weighted by Gasteiger charge is 2.26. The van der Waals surface area contributed by atoms with E-state index in [-0.39, 0.29) is 51.4 Å². The standard InChI is InChI=1S/C18H19F2INO6P.C14H10F2INO3.2CH4/c1-3-27-29(25,28-4-2)10-26-15-9-11(5-8-14(15)21)22-17-12(18(23)24)6-7-13(19)16(17)20;1-21-11-6-7(2-5-10(11)17)18-13-8(14(19)20)3-4-9(15)12(13)16;;/h5-9,22H,3-4,10H2,1-2H3,(H,23,24);2-6,18H,1H3,(H,19,20);2*1H4. The van der Waals surface area contributed by atoms with Gasteiger partial charge in [-0.05, 0) is 108 Å². The molecule has 0 saturated heterocycles. The zero-order chi connectivity index (χ0) is 37.2. The van der Waals surface area contributed by atoms with E-state index >= 15 is 0 Å². The van der Waals surface area contributed by atoms with E-state index in [1.54, 1.807) is 38.1 Å². The minimum Gasteiger partial charge on any atom is -0.496 e. The Bertz CT molecular complexity index is 1910. The van der Waals surface area contributed by atoms with Crippen molar-refractivity contribution < 1.29 is 60.5 Å². The fourth-order valence-corrected chi connectivity index (χ4v) is 6.43. The molecule has 0 unspecified atom stereocenters. The molecule has 0 aliphatic rings. The lowest BCUT2D eigenvalue weighted by molar-refractivity contribution is 0.0686. The number of methoxy groups -OCH3 is 1. The minimum absolute atomic E-state index is 0. The summed E-state index contributed by atoms with van der Waals surface area (Å²) < 4.78 is 89.9. The summed E-state index contributed by atoms with van der Waals surface area (Å²) in [6.45, 7) is 3.70. The molecule has 0 aliphatic heterocycles. The number of carbonyl (C=O) groups is 2. The summed E-state index contributed by atoms with van der Waals surface area (Å²) in [5.74, 6) is -6.82. The molecule has 284 valence electrons. The van der Waals surface area contributed by atoms with Crippen LogP contribution in [0.4, 0.5) is 40.3 Å². The topological polar surface area (TPSA) is 153 Å². The number of hydrogen-bond donors (Lipinski definition) is 4. The summed E-state index contributed by atoms with van der Waals surface area (Å²) in [5, 5.41) is 23.4. The molecule has 0 saturated carbocycles. The van der Waals surface area contributed by atoms with Crippen LogP contribution in [0.5, 0.6) is 11.5 Å². The number of carboxylic acids is 2. The Kier molecular flexibility index (Phi) is 18.9. The highest BCUT2D eigenvalue weighted by atomic mass is 127. The van der Waals surface area contributed by atoms with Crippen LogP contribution >= 0.6 is 52.8 Å². The van der Waals surface area contributed by atoms with E-state index in [2.05, 4.69) is 33.2 Å². The van der Waals surface area contributed by atoms with E-state index in [4.69, 9.17) is 23.6 Å². The van der Waals surface area contributed by atoms with Crippen molar-refractivity contribution in [2.45, 2.75) is 28.7 Å². The van der Waals surface area contributed by atoms with Gasteiger partial charge in [-0.1, -0.05) is 14.9 Å². The predicted molar refractivity (Wildman–Crippen MR) is 208 cm³/mol. The maximum atomic E-state index is 14.2. The molecule has 4 N–H and O–H groups in total. The van der Waals surface area contributed by atoms with E-state index < -0.39 is 59.7 Å². The maximum Gasteiger partial charge on any atom is 0.367 e. The normalized spacial score (nSPS) is 10.5. The van der Waals surface area contributed by atoms with E-state index in [9.17, 15) is 36.8 Å². The Hall–Kier alpha value is -3.65. The lowest BCUT2D eigenvalue weighted by atomic mass is 10.1. The van der Waals surface area contributed by atoms with Gasteiger partial charge < -0.3 is 39.4 Å². The molecule has 4 aromatic rings. The third kappa shape index (κ3) is 12.2.